The summed E-state index contributed by atoms with van der Waals surface area (Å²) < 4.78 is 18.2. The van der Waals surface area contributed by atoms with Gasteiger partial charge in [0, 0.05) is 36.0 Å². The largest absolute Gasteiger partial charge is 0.457 e. The van der Waals surface area contributed by atoms with Gasteiger partial charge in [0.15, 0.2) is 18.0 Å². The number of ether oxygens (including phenoxy) is 3. The molecule has 1 saturated heterocycles. The Balaban J connectivity index is 1.57. The highest BCUT2D eigenvalue weighted by Gasteiger charge is 2.83. The van der Waals surface area contributed by atoms with E-state index in [4.69, 9.17) is 14.2 Å². The number of rotatable bonds is 6. The summed E-state index contributed by atoms with van der Waals surface area (Å²) in [5.41, 5.74) is -1.31. The number of carbonyl (C=O) groups excluding carboxylic acids is 4. The Bertz CT molecular complexity index is 1050. The van der Waals surface area contributed by atoms with Crippen molar-refractivity contribution in [1.29, 1.82) is 0 Å². The summed E-state index contributed by atoms with van der Waals surface area (Å²) in [6.07, 6.45) is 5.72. The third-order valence-electron chi connectivity index (χ3n) is 10.8. The number of fused-ring (bicyclic) bond motifs is 3. The third-order valence-corrected chi connectivity index (χ3v) is 10.8. The lowest BCUT2D eigenvalue weighted by Gasteiger charge is -2.58. The van der Waals surface area contributed by atoms with E-state index in [1.807, 2.05) is 13.0 Å². The van der Waals surface area contributed by atoms with Crippen LogP contribution in [0, 0.1) is 34.5 Å². The van der Waals surface area contributed by atoms with E-state index in [-0.39, 0.29) is 71.8 Å². The summed E-state index contributed by atoms with van der Waals surface area (Å²) in [6.45, 7) is 11.6. The number of epoxide rings is 1. The zero-order valence-corrected chi connectivity index (χ0v) is 22.5. The number of hydrogen-bond acceptors (Lipinski definition) is 7. The van der Waals surface area contributed by atoms with Gasteiger partial charge in [-0.3, -0.25) is 19.2 Å². The van der Waals surface area contributed by atoms with E-state index >= 15 is 0 Å². The highest BCUT2D eigenvalue weighted by molar-refractivity contribution is 5.94. The fourth-order valence-electron chi connectivity index (χ4n) is 9.21. The molecule has 0 N–H and O–H groups in total. The van der Waals surface area contributed by atoms with Crippen molar-refractivity contribution >= 4 is 23.5 Å². The second-order valence-electron chi connectivity index (χ2n) is 12.4. The van der Waals surface area contributed by atoms with E-state index in [9.17, 15) is 19.2 Å². The van der Waals surface area contributed by atoms with Crippen LogP contribution in [0.25, 0.3) is 0 Å². The van der Waals surface area contributed by atoms with Crippen molar-refractivity contribution in [2.45, 2.75) is 104 Å². The standard InChI is InChI=1S/C29H40O7/c1-7-24(32)34-15-22(31)28(36-25(33)8-2)17(4)12-20-21-11-16(3)19-13-18(30)9-10-26(19,5)29(21)23(35-29)14-27(20,28)6/h13,16-17,20-21,23H,7-12,14-15H2,1-6H3/t16?,17?,20-,21-,23?,26-,27-,28-,29-/m0/s1. The molecule has 4 aliphatic carbocycles. The maximum Gasteiger partial charge on any atom is 0.306 e. The van der Waals surface area contributed by atoms with E-state index in [1.165, 1.54) is 5.57 Å². The molecule has 3 unspecified atom stereocenters. The Morgan fingerprint density at radius 3 is 2.42 bits per heavy atom. The van der Waals surface area contributed by atoms with Crippen LogP contribution >= 0.6 is 0 Å². The zero-order valence-electron chi connectivity index (χ0n) is 22.5. The molecule has 7 heteroatoms. The lowest BCUT2D eigenvalue weighted by Crippen LogP contribution is -2.64. The van der Waals surface area contributed by atoms with Crippen molar-refractivity contribution in [2.24, 2.45) is 34.5 Å². The molecule has 1 spiro atoms. The molecule has 0 aromatic rings. The van der Waals surface area contributed by atoms with Crippen molar-refractivity contribution in [3.05, 3.63) is 11.6 Å². The molecule has 5 aliphatic rings. The first-order valence-corrected chi connectivity index (χ1v) is 13.7. The van der Waals surface area contributed by atoms with Crippen LogP contribution in [0.15, 0.2) is 11.6 Å². The van der Waals surface area contributed by atoms with Crippen molar-refractivity contribution < 1.29 is 33.4 Å². The van der Waals surface area contributed by atoms with Crippen LogP contribution in [0.2, 0.25) is 0 Å². The summed E-state index contributed by atoms with van der Waals surface area (Å²) in [4.78, 5) is 51.0. The van der Waals surface area contributed by atoms with Gasteiger partial charge in [0.05, 0.1) is 6.10 Å². The quantitative estimate of drug-likeness (QED) is 0.395. The highest BCUT2D eigenvalue weighted by Crippen LogP contribution is 2.78. The van der Waals surface area contributed by atoms with E-state index in [0.29, 0.717) is 12.8 Å². The van der Waals surface area contributed by atoms with E-state index < -0.39 is 23.0 Å². The molecule has 0 amide bonds. The zero-order chi connectivity index (χ0) is 26.3. The highest BCUT2D eigenvalue weighted by atomic mass is 16.6. The second-order valence-corrected chi connectivity index (χ2v) is 12.4. The molecular formula is C29H40O7. The van der Waals surface area contributed by atoms with Crippen LogP contribution < -0.4 is 0 Å². The summed E-state index contributed by atoms with van der Waals surface area (Å²) in [7, 11) is 0. The molecule has 9 atom stereocenters. The van der Waals surface area contributed by atoms with E-state index in [0.717, 1.165) is 19.3 Å². The topological polar surface area (TPSA) is 99.3 Å². The molecule has 3 saturated carbocycles. The maximum absolute atomic E-state index is 13.9. The number of esters is 2. The average molecular weight is 501 g/mol. The first-order chi connectivity index (χ1) is 16.9. The fourth-order valence-corrected chi connectivity index (χ4v) is 9.21. The van der Waals surface area contributed by atoms with Crippen LogP contribution in [0.4, 0.5) is 0 Å². The molecule has 4 fully saturated rings. The Kier molecular flexibility index (Phi) is 5.86. The number of Topliss-reactive ketones (excluding diaryl/α,β-unsaturated/α-hetero) is 1. The molecule has 36 heavy (non-hydrogen) atoms. The van der Waals surface area contributed by atoms with Gasteiger partial charge in [0.1, 0.15) is 5.60 Å². The molecule has 7 nitrogen and oxygen atoms in total. The van der Waals surface area contributed by atoms with Crippen LogP contribution in [0.1, 0.15) is 86.5 Å². The van der Waals surface area contributed by atoms with Crippen molar-refractivity contribution in [2.75, 3.05) is 6.61 Å². The van der Waals surface area contributed by atoms with Gasteiger partial charge in [-0.15, -0.1) is 0 Å². The minimum absolute atomic E-state index is 0.0613. The first-order valence-electron chi connectivity index (χ1n) is 13.7. The van der Waals surface area contributed by atoms with Gasteiger partial charge in [-0.05, 0) is 49.5 Å². The third kappa shape index (κ3) is 3.07. The molecule has 0 radical (unpaired) electrons. The number of hydrogen-bond donors (Lipinski definition) is 0. The molecule has 0 bridgehead atoms. The van der Waals surface area contributed by atoms with E-state index in [1.54, 1.807) is 13.8 Å². The summed E-state index contributed by atoms with van der Waals surface area (Å²) >= 11 is 0. The van der Waals surface area contributed by atoms with Gasteiger partial charge in [0.2, 0.25) is 5.78 Å². The van der Waals surface area contributed by atoms with Crippen LogP contribution in [-0.4, -0.2) is 47.4 Å². The van der Waals surface area contributed by atoms with Crippen molar-refractivity contribution in [3.63, 3.8) is 0 Å². The number of ketones is 2. The molecule has 1 heterocycles. The van der Waals surface area contributed by atoms with Crippen LogP contribution in [-0.2, 0) is 33.4 Å². The van der Waals surface area contributed by atoms with Crippen molar-refractivity contribution in [1.82, 2.24) is 0 Å². The lowest BCUT2D eigenvalue weighted by atomic mass is 9.44. The van der Waals surface area contributed by atoms with Gasteiger partial charge < -0.3 is 14.2 Å². The average Bonchev–Trinajstić information content (AvgIpc) is 3.52. The van der Waals surface area contributed by atoms with Crippen LogP contribution in [0.5, 0.6) is 0 Å². The molecular weight excluding hydrogens is 460 g/mol. The minimum Gasteiger partial charge on any atom is -0.457 e. The van der Waals surface area contributed by atoms with Gasteiger partial charge in [-0.1, -0.05) is 47.1 Å². The van der Waals surface area contributed by atoms with Gasteiger partial charge in [-0.25, -0.2) is 0 Å². The predicted molar refractivity (Wildman–Crippen MR) is 131 cm³/mol. The number of carbonyl (C=O) groups is 4. The molecule has 5 rings (SSSR count). The Morgan fingerprint density at radius 1 is 1.06 bits per heavy atom. The smallest absolute Gasteiger partial charge is 0.306 e. The normalized spacial score (nSPS) is 46.4. The summed E-state index contributed by atoms with van der Waals surface area (Å²) in [6, 6.07) is 0. The monoisotopic (exact) mass is 500 g/mol. The first kappa shape index (κ1) is 25.6. The molecule has 0 aromatic carbocycles. The SMILES string of the molecule is CCC(=O)OCC(=O)[C@@]1(OC(=O)CC)C(C)C[C@H]2[C@@H]3CC(C)C4=CC(=O)CC[C@]4(C)[C@]34OC4C[C@@]21C. The van der Waals surface area contributed by atoms with Crippen molar-refractivity contribution in [3.8, 4) is 0 Å². The molecule has 1 aliphatic heterocycles. The Hall–Kier alpha value is -2.02. The Labute approximate surface area is 213 Å². The van der Waals surface area contributed by atoms with Gasteiger partial charge >= 0.3 is 11.9 Å². The Morgan fingerprint density at radius 2 is 1.75 bits per heavy atom. The van der Waals surface area contributed by atoms with E-state index in [2.05, 4.69) is 20.8 Å². The minimum atomic E-state index is -1.36. The predicted octanol–water partition coefficient (Wildman–Crippen LogP) is 4.36. The van der Waals surface area contributed by atoms with Crippen LogP contribution in [0.3, 0.4) is 0 Å². The van der Waals surface area contributed by atoms with Gasteiger partial charge in [-0.2, -0.15) is 0 Å². The fraction of sp³-hybridized carbons (Fsp3) is 0.793. The summed E-state index contributed by atoms with van der Waals surface area (Å²) in [5, 5.41) is 0. The lowest BCUT2D eigenvalue weighted by molar-refractivity contribution is -0.195. The molecule has 0 aromatic heterocycles. The molecule has 198 valence electrons. The second kappa shape index (κ2) is 8.24. The van der Waals surface area contributed by atoms with Gasteiger partial charge in [0.25, 0.3) is 0 Å². The maximum atomic E-state index is 13.9. The summed E-state index contributed by atoms with van der Waals surface area (Å²) in [5.74, 6) is -0.633.